The van der Waals surface area contributed by atoms with Crippen molar-refractivity contribution < 1.29 is 13.2 Å². The van der Waals surface area contributed by atoms with Gasteiger partial charge in [-0.1, -0.05) is 60.7 Å². The summed E-state index contributed by atoms with van der Waals surface area (Å²) < 4.78 is 28.2. The molecule has 0 fully saturated rings. The molecule has 2 aromatic carbocycles. The van der Waals surface area contributed by atoms with Gasteiger partial charge in [0.15, 0.2) is 0 Å². The van der Waals surface area contributed by atoms with Crippen LogP contribution in [0, 0.1) is 0 Å². The molecule has 8 heteroatoms. The van der Waals surface area contributed by atoms with Gasteiger partial charge in [0.1, 0.15) is 5.65 Å². The number of carbonyl (C=O) groups is 1. The largest absolute Gasteiger partial charge is 0.366 e. The average Bonchev–Trinajstić information content (AvgIpc) is 3.16. The number of fused-ring (bicyclic) bond motifs is 1. The van der Waals surface area contributed by atoms with E-state index in [1.54, 1.807) is 54.7 Å². The second-order valence-electron chi connectivity index (χ2n) is 6.96. The Labute approximate surface area is 179 Å². The van der Waals surface area contributed by atoms with Crippen molar-refractivity contribution in [2.75, 3.05) is 4.72 Å². The van der Waals surface area contributed by atoms with E-state index in [9.17, 15) is 13.2 Å². The van der Waals surface area contributed by atoms with Crippen molar-refractivity contribution in [1.29, 1.82) is 0 Å². The molecular formula is C23H20N4O3S. The highest BCUT2D eigenvalue weighted by atomic mass is 32.2. The molecule has 0 atom stereocenters. The summed E-state index contributed by atoms with van der Waals surface area (Å²) in [5.74, 6) is -0.750. The van der Waals surface area contributed by atoms with Crippen molar-refractivity contribution in [3.63, 3.8) is 0 Å². The van der Waals surface area contributed by atoms with Gasteiger partial charge in [0.25, 0.3) is 0 Å². The molecule has 0 aliphatic rings. The van der Waals surface area contributed by atoms with E-state index in [0.717, 1.165) is 0 Å². The Balaban J connectivity index is 1.75. The number of nitrogens with one attached hydrogen (secondary N) is 2. The summed E-state index contributed by atoms with van der Waals surface area (Å²) in [7, 11) is -3.67. The van der Waals surface area contributed by atoms with E-state index < -0.39 is 15.9 Å². The summed E-state index contributed by atoms with van der Waals surface area (Å²) in [6.07, 6.45) is 4.81. The highest BCUT2D eigenvalue weighted by Gasteiger charge is 2.17. The maximum absolute atomic E-state index is 12.8. The molecule has 0 radical (unpaired) electrons. The molecule has 0 saturated carbocycles. The highest BCUT2D eigenvalue weighted by Crippen LogP contribution is 2.30. The number of aromatic amines is 1. The van der Waals surface area contributed by atoms with Crippen molar-refractivity contribution in [1.82, 2.24) is 9.97 Å². The SMILES string of the molecule is NC(=O)C(=Cc1c[nH]c2nccc(NS(=O)(=O)Cc3ccccc3)c12)c1ccccc1. The van der Waals surface area contributed by atoms with E-state index >= 15 is 0 Å². The number of pyridine rings is 1. The average molecular weight is 433 g/mol. The lowest BCUT2D eigenvalue weighted by Crippen LogP contribution is -2.15. The molecule has 4 N–H and O–H groups in total. The van der Waals surface area contributed by atoms with Crippen LogP contribution in [0.4, 0.5) is 5.69 Å². The summed E-state index contributed by atoms with van der Waals surface area (Å²) >= 11 is 0. The predicted octanol–water partition coefficient (Wildman–Crippen LogP) is 3.53. The molecule has 1 amide bonds. The minimum absolute atomic E-state index is 0.163. The third-order valence-electron chi connectivity index (χ3n) is 4.72. The molecule has 4 rings (SSSR count). The number of sulfonamides is 1. The fourth-order valence-electron chi connectivity index (χ4n) is 3.35. The van der Waals surface area contributed by atoms with Crippen molar-refractivity contribution >= 4 is 44.3 Å². The van der Waals surface area contributed by atoms with E-state index in [2.05, 4.69) is 14.7 Å². The van der Waals surface area contributed by atoms with Gasteiger partial charge in [-0.25, -0.2) is 13.4 Å². The van der Waals surface area contributed by atoms with Crippen molar-refractivity contribution in [2.24, 2.45) is 5.73 Å². The topological polar surface area (TPSA) is 118 Å². The quantitative estimate of drug-likeness (QED) is 0.387. The highest BCUT2D eigenvalue weighted by molar-refractivity contribution is 7.91. The van der Waals surface area contributed by atoms with Gasteiger partial charge in [-0.3, -0.25) is 9.52 Å². The second kappa shape index (κ2) is 8.45. The van der Waals surface area contributed by atoms with E-state index in [0.29, 0.717) is 39.0 Å². The third kappa shape index (κ3) is 4.65. The number of nitrogens with zero attached hydrogens (tertiary/aromatic N) is 1. The smallest absolute Gasteiger partial charge is 0.249 e. The molecule has 0 aliphatic carbocycles. The molecule has 4 aromatic rings. The van der Waals surface area contributed by atoms with Crippen LogP contribution in [0.15, 0.2) is 79.1 Å². The lowest BCUT2D eigenvalue weighted by molar-refractivity contribution is -0.112. The molecule has 0 bridgehead atoms. The van der Waals surface area contributed by atoms with Crippen molar-refractivity contribution in [3.8, 4) is 0 Å². The number of hydrogen-bond acceptors (Lipinski definition) is 4. The van der Waals surface area contributed by atoms with Gasteiger partial charge in [0, 0.05) is 23.5 Å². The van der Waals surface area contributed by atoms with Crippen LogP contribution in [0.5, 0.6) is 0 Å². The molecule has 0 spiro atoms. The Morgan fingerprint density at radius 3 is 2.39 bits per heavy atom. The number of amides is 1. The van der Waals surface area contributed by atoms with Crippen LogP contribution in [0.2, 0.25) is 0 Å². The molecule has 2 heterocycles. The summed E-state index contributed by atoms with van der Waals surface area (Å²) in [4.78, 5) is 19.4. The van der Waals surface area contributed by atoms with Crippen LogP contribution in [-0.4, -0.2) is 24.3 Å². The predicted molar refractivity (Wildman–Crippen MR) is 122 cm³/mol. The van der Waals surface area contributed by atoms with Crippen molar-refractivity contribution in [3.05, 3.63) is 95.8 Å². The number of benzene rings is 2. The lowest BCUT2D eigenvalue weighted by atomic mass is 10.0. The summed E-state index contributed by atoms with van der Waals surface area (Å²) in [6.45, 7) is 0. The van der Waals surface area contributed by atoms with Gasteiger partial charge in [-0.2, -0.15) is 0 Å². The number of carbonyl (C=O) groups excluding carboxylic acids is 1. The van der Waals surface area contributed by atoms with Crippen LogP contribution < -0.4 is 10.5 Å². The van der Waals surface area contributed by atoms with E-state index in [1.165, 1.54) is 6.20 Å². The first kappa shape index (κ1) is 20.4. The van der Waals surface area contributed by atoms with E-state index in [4.69, 9.17) is 5.73 Å². The van der Waals surface area contributed by atoms with Crippen LogP contribution in [0.1, 0.15) is 16.7 Å². The van der Waals surface area contributed by atoms with Gasteiger partial charge in [-0.15, -0.1) is 0 Å². The zero-order chi connectivity index (χ0) is 21.8. The van der Waals surface area contributed by atoms with Gasteiger partial charge >= 0.3 is 0 Å². The van der Waals surface area contributed by atoms with Gasteiger partial charge < -0.3 is 10.7 Å². The van der Waals surface area contributed by atoms with Crippen LogP contribution in [0.25, 0.3) is 22.7 Å². The number of H-pyrrole nitrogens is 1. The first-order valence-electron chi connectivity index (χ1n) is 9.50. The third-order valence-corrected chi connectivity index (χ3v) is 5.96. The van der Waals surface area contributed by atoms with Crippen LogP contribution >= 0.6 is 0 Å². The van der Waals surface area contributed by atoms with Crippen LogP contribution in [-0.2, 0) is 20.6 Å². The molecule has 7 nitrogen and oxygen atoms in total. The first-order chi connectivity index (χ1) is 14.9. The summed E-state index contributed by atoms with van der Waals surface area (Å²) in [6, 6.07) is 19.5. The molecule has 156 valence electrons. The number of hydrogen-bond donors (Lipinski definition) is 3. The molecule has 0 aliphatic heterocycles. The molecule has 31 heavy (non-hydrogen) atoms. The van der Waals surface area contributed by atoms with Crippen molar-refractivity contribution in [2.45, 2.75) is 5.75 Å². The Kier molecular flexibility index (Phi) is 5.55. The first-order valence-corrected chi connectivity index (χ1v) is 11.2. The summed E-state index contributed by atoms with van der Waals surface area (Å²) in [5.41, 5.74) is 8.71. The van der Waals surface area contributed by atoms with Crippen LogP contribution in [0.3, 0.4) is 0 Å². The van der Waals surface area contributed by atoms with E-state index in [1.807, 2.05) is 24.3 Å². The zero-order valence-electron chi connectivity index (χ0n) is 16.4. The van der Waals surface area contributed by atoms with E-state index in [-0.39, 0.29) is 5.75 Å². The minimum Gasteiger partial charge on any atom is -0.366 e. The number of rotatable bonds is 7. The molecular weight excluding hydrogens is 412 g/mol. The van der Waals surface area contributed by atoms with Gasteiger partial charge in [0.05, 0.1) is 16.8 Å². The maximum atomic E-state index is 12.8. The number of nitrogens with two attached hydrogens (primary N) is 1. The Bertz CT molecular complexity index is 1360. The van der Waals surface area contributed by atoms with Gasteiger partial charge in [0.2, 0.25) is 15.9 Å². The van der Waals surface area contributed by atoms with Gasteiger partial charge in [-0.05, 0) is 23.3 Å². The fourth-order valence-corrected chi connectivity index (χ4v) is 4.56. The standard InChI is InChI=1S/C23H20N4O3S/c24-22(28)19(17-9-5-2-6-10-17)13-18-14-26-23-21(18)20(11-12-25-23)27-31(29,30)15-16-7-3-1-4-8-16/h1-14H,15H2,(H2,24,28)(H2,25,26,27). The zero-order valence-corrected chi connectivity index (χ0v) is 17.3. The Morgan fingerprint density at radius 1 is 1.03 bits per heavy atom. The minimum atomic E-state index is -3.67. The lowest BCUT2D eigenvalue weighted by Gasteiger charge is -2.10. The molecule has 0 unspecified atom stereocenters. The Morgan fingerprint density at radius 2 is 1.71 bits per heavy atom. The Hall–Kier alpha value is -3.91. The number of primary amides is 1. The maximum Gasteiger partial charge on any atom is 0.249 e. The number of aromatic nitrogens is 2. The number of anilines is 1. The molecule has 2 aromatic heterocycles. The molecule has 0 saturated heterocycles. The normalized spacial score (nSPS) is 12.1. The summed E-state index contributed by atoms with van der Waals surface area (Å²) in [5, 5.41) is 0.550. The second-order valence-corrected chi connectivity index (χ2v) is 8.68. The monoisotopic (exact) mass is 432 g/mol. The fraction of sp³-hybridized carbons (Fsp3) is 0.0435.